The highest BCUT2D eigenvalue weighted by Gasteiger charge is 2.41. The lowest BCUT2D eigenvalue weighted by Crippen LogP contribution is -2.46. The summed E-state index contributed by atoms with van der Waals surface area (Å²) >= 11 is 0. The molecule has 8 heteroatoms. The molecule has 2 amide bonds. The molecule has 19 heavy (non-hydrogen) atoms. The number of sulfone groups is 1. The summed E-state index contributed by atoms with van der Waals surface area (Å²) in [6, 6.07) is -1.46. The Morgan fingerprint density at radius 3 is 1.95 bits per heavy atom. The number of carboxylic acid groups (broad SMARTS) is 1. The molecule has 0 saturated heterocycles. The largest absolute Gasteiger partial charge is 0.480 e. The molecule has 1 N–H and O–H groups in total. The minimum absolute atomic E-state index is 0.190. The Balaban J connectivity index is 3.00. The van der Waals surface area contributed by atoms with Gasteiger partial charge in [-0.15, -0.1) is 0 Å². The minimum atomic E-state index is -3.37. The van der Waals surface area contributed by atoms with Crippen molar-refractivity contribution in [3.63, 3.8) is 0 Å². The number of carboxylic acids is 1. The maximum absolute atomic E-state index is 11.8. The molecule has 0 aromatic rings. The summed E-state index contributed by atoms with van der Waals surface area (Å²) in [5, 5.41) is 9.08. The van der Waals surface area contributed by atoms with Crippen LogP contribution < -0.4 is 0 Å². The fourth-order valence-electron chi connectivity index (χ4n) is 1.75. The quantitative estimate of drug-likeness (QED) is 0.688. The van der Waals surface area contributed by atoms with Crippen LogP contribution in [0.1, 0.15) is 20.3 Å². The molecule has 1 unspecified atom stereocenters. The molecule has 1 aliphatic rings. The van der Waals surface area contributed by atoms with Gasteiger partial charge in [-0.25, -0.2) is 13.2 Å². The Labute approximate surface area is 110 Å². The van der Waals surface area contributed by atoms with E-state index in [0.29, 0.717) is 4.90 Å². The molecule has 0 spiro atoms. The van der Waals surface area contributed by atoms with E-state index in [9.17, 15) is 22.8 Å². The fourth-order valence-corrected chi connectivity index (χ4v) is 2.40. The summed E-state index contributed by atoms with van der Waals surface area (Å²) in [6.45, 7) is 2.87. The molecule has 106 valence electrons. The van der Waals surface area contributed by atoms with Gasteiger partial charge in [-0.1, -0.05) is 0 Å². The van der Waals surface area contributed by atoms with E-state index in [1.807, 2.05) is 0 Å². The van der Waals surface area contributed by atoms with E-state index < -0.39 is 39.4 Å². The number of carbonyl (C=O) groups is 3. The summed E-state index contributed by atoms with van der Waals surface area (Å²) in [5.74, 6) is -3.15. The second-order valence-electron chi connectivity index (χ2n) is 4.50. The topological polar surface area (TPSA) is 109 Å². The van der Waals surface area contributed by atoms with Crippen molar-refractivity contribution in [2.45, 2.75) is 26.3 Å². The van der Waals surface area contributed by atoms with Crippen LogP contribution in [0.5, 0.6) is 0 Å². The molecule has 0 aromatic heterocycles. The molecular formula is C11H15NO6S. The van der Waals surface area contributed by atoms with Gasteiger partial charge in [0.25, 0.3) is 11.8 Å². The number of carbonyl (C=O) groups excluding carboxylic acids is 2. The second-order valence-corrected chi connectivity index (χ2v) is 6.76. The van der Waals surface area contributed by atoms with E-state index in [0.717, 1.165) is 6.26 Å². The normalized spacial score (nSPS) is 18.2. The molecule has 0 saturated carbocycles. The zero-order chi connectivity index (χ0) is 15.0. The van der Waals surface area contributed by atoms with Crippen LogP contribution in [0.4, 0.5) is 0 Å². The van der Waals surface area contributed by atoms with Crippen LogP contribution in [0.15, 0.2) is 11.1 Å². The van der Waals surface area contributed by atoms with Crippen molar-refractivity contribution in [2.24, 2.45) is 0 Å². The molecule has 0 radical (unpaired) electrons. The Kier molecular flexibility index (Phi) is 4.14. The van der Waals surface area contributed by atoms with E-state index in [4.69, 9.17) is 5.11 Å². The number of aliphatic carboxylic acids is 1. The number of nitrogens with zero attached hydrogens (tertiary/aromatic N) is 1. The molecule has 1 aliphatic heterocycles. The molecule has 0 aromatic carbocycles. The lowest BCUT2D eigenvalue weighted by molar-refractivity contribution is -0.153. The van der Waals surface area contributed by atoms with Gasteiger partial charge in [0, 0.05) is 17.4 Å². The summed E-state index contributed by atoms with van der Waals surface area (Å²) in [5.41, 5.74) is 0.381. The molecule has 1 heterocycles. The molecular weight excluding hydrogens is 274 g/mol. The summed E-state index contributed by atoms with van der Waals surface area (Å²) < 4.78 is 22.1. The van der Waals surface area contributed by atoms with E-state index in [1.165, 1.54) is 13.8 Å². The number of hydrogen-bond acceptors (Lipinski definition) is 5. The lowest BCUT2D eigenvalue weighted by atomic mass is 10.2. The van der Waals surface area contributed by atoms with Gasteiger partial charge in [0.1, 0.15) is 15.9 Å². The van der Waals surface area contributed by atoms with Gasteiger partial charge in [-0.3, -0.25) is 14.5 Å². The molecule has 0 fully saturated rings. The molecule has 0 aliphatic carbocycles. The summed E-state index contributed by atoms with van der Waals surface area (Å²) in [6.07, 6.45) is 0.653. The van der Waals surface area contributed by atoms with Crippen molar-refractivity contribution in [3.8, 4) is 0 Å². The Hall–Kier alpha value is -1.70. The first kappa shape index (κ1) is 15.4. The Bertz CT molecular complexity index is 550. The zero-order valence-electron chi connectivity index (χ0n) is 10.8. The van der Waals surface area contributed by atoms with Crippen LogP contribution in [0.2, 0.25) is 0 Å². The number of rotatable bonds is 5. The van der Waals surface area contributed by atoms with Crippen molar-refractivity contribution in [1.82, 2.24) is 4.90 Å². The van der Waals surface area contributed by atoms with E-state index in [1.54, 1.807) is 0 Å². The van der Waals surface area contributed by atoms with Crippen molar-refractivity contribution in [2.75, 3.05) is 12.0 Å². The van der Waals surface area contributed by atoms with Gasteiger partial charge in [-0.2, -0.15) is 0 Å². The van der Waals surface area contributed by atoms with Crippen LogP contribution in [0, 0.1) is 0 Å². The van der Waals surface area contributed by atoms with Gasteiger partial charge in [0.2, 0.25) is 0 Å². The summed E-state index contributed by atoms with van der Waals surface area (Å²) in [7, 11) is -3.37. The number of hydrogen-bond donors (Lipinski definition) is 1. The van der Waals surface area contributed by atoms with Gasteiger partial charge < -0.3 is 5.11 Å². The highest BCUT2D eigenvalue weighted by molar-refractivity contribution is 7.90. The van der Waals surface area contributed by atoms with E-state index in [-0.39, 0.29) is 17.6 Å². The fraction of sp³-hybridized carbons (Fsp3) is 0.545. The smallest absolute Gasteiger partial charge is 0.326 e. The average Bonchev–Trinajstić information content (AvgIpc) is 2.44. The van der Waals surface area contributed by atoms with Crippen molar-refractivity contribution < 1.29 is 27.9 Å². The van der Waals surface area contributed by atoms with E-state index >= 15 is 0 Å². The van der Waals surface area contributed by atoms with Crippen LogP contribution in [-0.4, -0.2) is 54.3 Å². The highest BCUT2D eigenvalue weighted by Crippen LogP contribution is 2.23. The first-order valence-electron chi connectivity index (χ1n) is 5.52. The Morgan fingerprint density at radius 2 is 1.63 bits per heavy atom. The second kappa shape index (κ2) is 5.12. The van der Waals surface area contributed by atoms with Crippen LogP contribution in [-0.2, 0) is 24.2 Å². The number of imide groups is 1. The summed E-state index contributed by atoms with van der Waals surface area (Å²) in [4.78, 5) is 35.4. The predicted octanol–water partition coefficient (Wildman–Crippen LogP) is -0.420. The van der Waals surface area contributed by atoms with Gasteiger partial charge in [0.05, 0.1) is 5.75 Å². The van der Waals surface area contributed by atoms with Crippen molar-refractivity contribution in [1.29, 1.82) is 0 Å². The minimum Gasteiger partial charge on any atom is -0.480 e. The third-order valence-electron chi connectivity index (χ3n) is 3.00. The van der Waals surface area contributed by atoms with Crippen LogP contribution in [0.3, 0.4) is 0 Å². The van der Waals surface area contributed by atoms with Gasteiger partial charge in [-0.05, 0) is 20.3 Å². The van der Waals surface area contributed by atoms with Crippen LogP contribution >= 0.6 is 0 Å². The molecule has 0 bridgehead atoms. The predicted molar refractivity (Wildman–Crippen MR) is 66.0 cm³/mol. The molecule has 7 nitrogen and oxygen atoms in total. The first-order chi connectivity index (χ1) is 8.56. The maximum atomic E-state index is 11.8. The zero-order valence-corrected chi connectivity index (χ0v) is 11.7. The van der Waals surface area contributed by atoms with Crippen LogP contribution in [0.25, 0.3) is 0 Å². The lowest BCUT2D eigenvalue weighted by Gasteiger charge is -2.22. The first-order valence-corrected chi connectivity index (χ1v) is 7.58. The third kappa shape index (κ3) is 3.19. The standard InChI is InChI=1S/C11H15NO6S/c1-6-7(2)10(14)12(9(6)13)8(11(15)16)4-5-19(3,17)18/h8H,4-5H2,1-3H3,(H,15,16). The maximum Gasteiger partial charge on any atom is 0.326 e. The monoisotopic (exact) mass is 289 g/mol. The van der Waals surface area contributed by atoms with Crippen molar-refractivity contribution >= 4 is 27.6 Å². The number of amides is 2. The van der Waals surface area contributed by atoms with E-state index in [2.05, 4.69) is 0 Å². The Morgan fingerprint density at radius 1 is 1.21 bits per heavy atom. The third-order valence-corrected chi connectivity index (χ3v) is 3.98. The van der Waals surface area contributed by atoms with Gasteiger partial charge in [0.15, 0.2) is 0 Å². The SMILES string of the molecule is CC1=C(C)C(=O)N(C(CCS(C)(=O)=O)C(=O)O)C1=O. The van der Waals surface area contributed by atoms with Gasteiger partial charge >= 0.3 is 5.97 Å². The molecule has 1 atom stereocenters. The molecule has 1 rings (SSSR count). The van der Waals surface area contributed by atoms with Crippen molar-refractivity contribution in [3.05, 3.63) is 11.1 Å². The highest BCUT2D eigenvalue weighted by atomic mass is 32.2. The average molecular weight is 289 g/mol.